The molecule has 9 heteroatoms. The van der Waals surface area contributed by atoms with Crippen molar-refractivity contribution in [1.82, 2.24) is 10.0 Å². The van der Waals surface area contributed by atoms with Crippen LogP contribution in [0.2, 0.25) is 5.02 Å². The number of methoxy groups -OCH3 is 1. The predicted octanol–water partition coefficient (Wildman–Crippen LogP) is 2.56. The van der Waals surface area contributed by atoms with Gasteiger partial charge in [0.05, 0.1) is 11.6 Å². The van der Waals surface area contributed by atoms with Crippen molar-refractivity contribution in [2.45, 2.75) is 23.8 Å². The maximum Gasteiger partial charge on any atom is 0.244 e. The molecule has 2 N–H and O–H groups in total. The third kappa shape index (κ3) is 4.71. The second-order valence-corrected chi connectivity index (χ2v) is 7.56. The Balaban J connectivity index is 0.00000220. The number of sulfonamides is 1. The van der Waals surface area contributed by atoms with Gasteiger partial charge >= 0.3 is 0 Å². The fourth-order valence-electron chi connectivity index (χ4n) is 2.17. The van der Waals surface area contributed by atoms with E-state index in [2.05, 4.69) is 26.0 Å². The Kier molecular flexibility index (Phi) is 7.23. The lowest BCUT2D eigenvalue weighted by molar-refractivity contribution is 0.397. The topological polar surface area (TPSA) is 67.4 Å². The van der Waals surface area contributed by atoms with E-state index in [-0.39, 0.29) is 29.1 Å². The first-order valence-electron chi connectivity index (χ1n) is 6.20. The molecule has 0 spiro atoms. The zero-order valence-electron chi connectivity index (χ0n) is 11.4. The number of hydrogen-bond acceptors (Lipinski definition) is 4. The van der Waals surface area contributed by atoms with Crippen LogP contribution in [-0.4, -0.2) is 34.7 Å². The van der Waals surface area contributed by atoms with E-state index in [1.165, 1.54) is 13.2 Å². The maximum atomic E-state index is 12.5. The Hall–Kier alpha value is -0.0500. The zero-order chi connectivity index (χ0) is 14.8. The van der Waals surface area contributed by atoms with Gasteiger partial charge in [-0.05, 0) is 47.4 Å². The first-order chi connectivity index (χ1) is 9.44. The Labute approximate surface area is 144 Å². The first kappa shape index (κ1) is 19.0. The van der Waals surface area contributed by atoms with Crippen molar-refractivity contribution >= 4 is 50.0 Å². The van der Waals surface area contributed by atoms with E-state index < -0.39 is 10.0 Å². The predicted molar refractivity (Wildman–Crippen MR) is 89.2 cm³/mol. The van der Waals surface area contributed by atoms with Crippen LogP contribution < -0.4 is 14.8 Å². The van der Waals surface area contributed by atoms with Gasteiger partial charge in [0.15, 0.2) is 5.75 Å². The molecule has 0 bridgehead atoms. The highest BCUT2D eigenvalue weighted by molar-refractivity contribution is 9.10. The quantitative estimate of drug-likeness (QED) is 0.786. The molecular weight excluding hydrogens is 403 g/mol. The zero-order valence-corrected chi connectivity index (χ0v) is 15.3. The molecular formula is C12H17BrCl2N2O3S. The maximum absolute atomic E-state index is 12.5. The summed E-state index contributed by atoms with van der Waals surface area (Å²) in [6.07, 6.45) is 1.76. The summed E-state index contributed by atoms with van der Waals surface area (Å²) in [6.45, 7) is 1.55. The summed E-state index contributed by atoms with van der Waals surface area (Å²) in [5.74, 6) is 0.255. The average Bonchev–Trinajstić information content (AvgIpc) is 2.38. The van der Waals surface area contributed by atoms with Crippen LogP contribution in [-0.2, 0) is 10.0 Å². The van der Waals surface area contributed by atoms with Crippen LogP contribution in [0.1, 0.15) is 12.8 Å². The van der Waals surface area contributed by atoms with Gasteiger partial charge in [0, 0.05) is 17.6 Å². The van der Waals surface area contributed by atoms with Gasteiger partial charge in [0.1, 0.15) is 4.90 Å². The molecule has 0 amide bonds. The molecule has 1 fully saturated rings. The minimum atomic E-state index is -3.68. The van der Waals surface area contributed by atoms with Crippen LogP contribution >= 0.6 is 39.9 Å². The Morgan fingerprint density at radius 2 is 2.19 bits per heavy atom. The van der Waals surface area contributed by atoms with Crippen LogP contribution in [0.15, 0.2) is 21.5 Å². The van der Waals surface area contributed by atoms with E-state index in [9.17, 15) is 8.42 Å². The summed E-state index contributed by atoms with van der Waals surface area (Å²) < 4.78 is 33.3. The number of ether oxygens (including phenoxy) is 1. The van der Waals surface area contributed by atoms with E-state index in [4.69, 9.17) is 16.3 Å². The average molecular weight is 420 g/mol. The normalized spacial score (nSPS) is 18.9. The lowest BCUT2D eigenvalue weighted by atomic mass is 10.1. The fourth-order valence-corrected chi connectivity index (χ4v) is 4.82. The summed E-state index contributed by atoms with van der Waals surface area (Å²) in [6, 6.07) is 2.88. The molecule has 21 heavy (non-hydrogen) atoms. The van der Waals surface area contributed by atoms with E-state index >= 15 is 0 Å². The van der Waals surface area contributed by atoms with E-state index in [1.807, 2.05) is 0 Å². The molecule has 0 radical (unpaired) electrons. The van der Waals surface area contributed by atoms with Gasteiger partial charge in [0.2, 0.25) is 10.0 Å². The molecule has 0 unspecified atom stereocenters. The first-order valence-corrected chi connectivity index (χ1v) is 8.85. The number of halogens is 3. The van der Waals surface area contributed by atoms with Crippen LogP contribution in [0.4, 0.5) is 0 Å². The lowest BCUT2D eigenvalue weighted by Crippen LogP contribution is -2.45. The Morgan fingerprint density at radius 1 is 1.48 bits per heavy atom. The second kappa shape index (κ2) is 7.99. The number of piperidine rings is 1. The molecule has 1 aliphatic heterocycles. The van der Waals surface area contributed by atoms with Crippen molar-refractivity contribution in [2.24, 2.45) is 0 Å². The lowest BCUT2D eigenvalue weighted by Gasteiger charge is -2.24. The van der Waals surface area contributed by atoms with Gasteiger partial charge < -0.3 is 10.1 Å². The number of nitrogens with one attached hydrogen (secondary N) is 2. The van der Waals surface area contributed by atoms with Crippen molar-refractivity contribution in [3.63, 3.8) is 0 Å². The molecule has 1 aromatic rings. The van der Waals surface area contributed by atoms with E-state index in [0.717, 1.165) is 19.4 Å². The SMILES string of the molecule is COc1c(Br)cc(Cl)cc1S(=O)(=O)N[C@@H]1CCCNC1.Cl. The smallest absolute Gasteiger partial charge is 0.244 e. The minimum absolute atomic E-state index is 0. The number of benzene rings is 1. The van der Waals surface area contributed by atoms with Gasteiger partial charge in [-0.2, -0.15) is 0 Å². The molecule has 0 saturated carbocycles. The van der Waals surface area contributed by atoms with Gasteiger partial charge in [-0.25, -0.2) is 13.1 Å². The molecule has 1 atom stereocenters. The molecule has 0 aromatic heterocycles. The van der Waals surface area contributed by atoms with Crippen molar-refractivity contribution in [3.8, 4) is 5.75 Å². The molecule has 1 saturated heterocycles. The van der Waals surface area contributed by atoms with Gasteiger partial charge in [-0.15, -0.1) is 12.4 Å². The number of rotatable bonds is 4. The fraction of sp³-hybridized carbons (Fsp3) is 0.500. The van der Waals surface area contributed by atoms with E-state index in [1.54, 1.807) is 6.07 Å². The summed E-state index contributed by atoms with van der Waals surface area (Å²) in [7, 11) is -2.25. The van der Waals surface area contributed by atoms with Crippen molar-refractivity contribution < 1.29 is 13.2 Å². The van der Waals surface area contributed by atoms with Crippen LogP contribution in [0.3, 0.4) is 0 Å². The van der Waals surface area contributed by atoms with Gasteiger partial charge in [0.25, 0.3) is 0 Å². The summed E-state index contributed by atoms with van der Waals surface area (Å²) >= 11 is 9.20. The van der Waals surface area contributed by atoms with E-state index in [0.29, 0.717) is 16.0 Å². The Morgan fingerprint density at radius 3 is 2.76 bits per heavy atom. The second-order valence-electron chi connectivity index (χ2n) is 4.58. The molecule has 0 aliphatic carbocycles. The molecule has 1 heterocycles. The highest BCUT2D eigenvalue weighted by atomic mass is 79.9. The van der Waals surface area contributed by atoms with Crippen molar-refractivity contribution in [3.05, 3.63) is 21.6 Å². The molecule has 1 aliphatic rings. The van der Waals surface area contributed by atoms with Gasteiger partial charge in [-0.1, -0.05) is 11.6 Å². The monoisotopic (exact) mass is 418 g/mol. The van der Waals surface area contributed by atoms with Crippen LogP contribution in [0.25, 0.3) is 0 Å². The van der Waals surface area contributed by atoms with Crippen molar-refractivity contribution in [1.29, 1.82) is 0 Å². The highest BCUT2D eigenvalue weighted by Gasteiger charge is 2.26. The molecule has 1 aromatic carbocycles. The third-order valence-electron chi connectivity index (χ3n) is 3.09. The minimum Gasteiger partial charge on any atom is -0.494 e. The molecule has 5 nitrogen and oxygen atoms in total. The molecule has 2 rings (SSSR count). The third-order valence-corrected chi connectivity index (χ3v) is 5.42. The standard InChI is InChI=1S/C12H16BrClN2O3S.ClH/c1-19-12-10(13)5-8(14)6-11(12)20(17,18)16-9-3-2-4-15-7-9;/h5-6,9,15-16H,2-4,7H2,1H3;1H/t9-;/m1./s1. The van der Waals surface area contributed by atoms with Crippen LogP contribution in [0, 0.1) is 0 Å². The van der Waals surface area contributed by atoms with Crippen LogP contribution in [0.5, 0.6) is 5.75 Å². The summed E-state index contributed by atoms with van der Waals surface area (Å²) in [5.41, 5.74) is 0. The van der Waals surface area contributed by atoms with Crippen molar-refractivity contribution in [2.75, 3.05) is 20.2 Å². The van der Waals surface area contributed by atoms with Gasteiger partial charge in [-0.3, -0.25) is 0 Å². The Bertz CT molecular complexity index is 592. The largest absolute Gasteiger partial charge is 0.494 e. The molecule has 120 valence electrons. The number of hydrogen-bond donors (Lipinski definition) is 2. The summed E-state index contributed by atoms with van der Waals surface area (Å²) in [4.78, 5) is 0.0462. The summed E-state index contributed by atoms with van der Waals surface area (Å²) in [5, 5.41) is 3.50. The highest BCUT2D eigenvalue weighted by Crippen LogP contribution is 2.35.